The highest BCUT2D eigenvalue weighted by molar-refractivity contribution is 7.89. The number of benzene rings is 1. The van der Waals surface area contributed by atoms with E-state index in [4.69, 9.17) is 5.11 Å². The molecule has 0 unspecified atom stereocenters. The van der Waals surface area contributed by atoms with Gasteiger partial charge in [0, 0.05) is 12.6 Å². The molecule has 0 fully saturated rings. The number of aromatic hydroxyl groups is 1. The van der Waals surface area contributed by atoms with Crippen LogP contribution in [0.5, 0.6) is 5.75 Å². The summed E-state index contributed by atoms with van der Waals surface area (Å²) in [6, 6.07) is 3.04. The maximum absolute atomic E-state index is 12.5. The third kappa shape index (κ3) is 3.29. The van der Waals surface area contributed by atoms with Crippen LogP contribution in [0.25, 0.3) is 0 Å². The Morgan fingerprint density at radius 3 is 2.40 bits per heavy atom. The molecule has 0 saturated heterocycles. The van der Waals surface area contributed by atoms with E-state index in [1.807, 2.05) is 6.92 Å². The molecule has 1 rings (SSSR count). The first-order valence-electron chi connectivity index (χ1n) is 6.30. The van der Waals surface area contributed by atoms with Crippen molar-refractivity contribution in [3.63, 3.8) is 0 Å². The molecule has 0 radical (unpaired) electrons. The maximum atomic E-state index is 12.5. The first-order chi connectivity index (χ1) is 9.21. The maximum Gasteiger partial charge on any atom is 0.339 e. The van der Waals surface area contributed by atoms with Crippen LogP contribution in [0.15, 0.2) is 23.1 Å². The minimum atomic E-state index is -3.78. The summed E-state index contributed by atoms with van der Waals surface area (Å²) in [6.45, 7) is 5.73. The number of carboxylic acid groups (broad SMARTS) is 1. The Kier molecular flexibility index (Phi) is 5.13. The topological polar surface area (TPSA) is 94.9 Å². The second-order valence-electron chi connectivity index (χ2n) is 4.69. The van der Waals surface area contributed by atoms with Crippen LogP contribution in [0.4, 0.5) is 0 Å². The highest BCUT2D eigenvalue weighted by Crippen LogP contribution is 2.24. The lowest BCUT2D eigenvalue weighted by Gasteiger charge is -2.25. The number of phenols is 1. The summed E-state index contributed by atoms with van der Waals surface area (Å²) >= 11 is 0. The second-order valence-corrected chi connectivity index (χ2v) is 6.58. The van der Waals surface area contributed by atoms with Gasteiger partial charge in [0.15, 0.2) is 0 Å². The van der Waals surface area contributed by atoms with Gasteiger partial charge in [-0.25, -0.2) is 13.2 Å². The van der Waals surface area contributed by atoms with Crippen molar-refractivity contribution in [3.05, 3.63) is 23.8 Å². The van der Waals surface area contributed by atoms with Gasteiger partial charge in [-0.3, -0.25) is 0 Å². The van der Waals surface area contributed by atoms with E-state index in [1.165, 1.54) is 10.4 Å². The van der Waals surface area contributed by atoms with Gasteiger partial charge in [0.2, 0.25) is 10.0 Å². The van der Waals surface area contributed by atoms with Gasteiger partial charge in [0.05, 0.1) is 4.90 Å². The Bertz CT molecular complexity index is 595. The first kappa shape index (κ1) is 16.5. The molecule has 7 heteroatoms. The molecule has 0 aromatic heterocycles. The number of sulfonamides is 1. The van der Waals surface area contributed by atoms with E-state index in [0.29, 0.717) is 13.0 Å². The van der Waals surface area contributed by atoms with Crippen molar-refractivity contribution in [3.8, 4) is 5.75 Å². The summed E-state index contributed by atoms with van der Waals surface area (Å²) in [5.41, 5.74) is -0.425. The normalized spacial score (nSPS) is 12.1. The van der Waals surface area contributed by atoms with E-state index in [1.54, 1.807) is 13.8 Å². The Labute approximate surface area is 118 Å². The third-order valence-electron chi connectivity index (χ3n) is 2.82. The molecule has 0 amide bonds. The molecular weight excluding hydrogens is 282 g/mol. The van der Waals surface area contributed by atoms with E-state index in [9.17, 15) is 18.3 Å². The third-order valence-corrected chi connectivity index (χ3v) is 4.90. The van der Waals surface area contributed by atoms with Crippen LogP contribution in [-0.2, 0) is 10.0 Å². The summed E-state index contributed by atoms with van der Waals surface area (Å²) in [4.78, 5) is 10.8. The molecule has 0 aliphatic rings. The van der Waals surface area contributed by atoms with Crippen LogP contribution in [0.1, 0.15) is 37.6 Å². The van der Waals surface area contributed by atoms with Gasteiger partial charge >= 0.3 is 5.97 Å². The van der Waals surface area contributed by atoms with E-state index < -0.39 is 27.3 Å². The van der Waals surface area contributed by atoms with Crippen molar-refractivity contribution in [2.45, 2.75) is 38.1 Å². The molecule has 6 nitrogen and oxygen atoms in total. The number of aromatic carboxylic acids is 1. The zero-order chi connectivity index (χ0) is 15.5. The molecule has 0 aliphatic heterocycles. The molecule has 0 spiro atoms. The number of hydrogen-bond donors (Lipinski definition) is 2. The predicted molar refractivity (Wildman–Crippen MR) is 74.4 cm³/mol. The number of hydrogen-bond acceptors (Lipinski definition) is 4. The van der Waals surface area contributed by atoms with E-state index in [2.05, 4.69) is 0 Å². The lowest BCUT2D eigenvalue weighted by atomic mass is 10.2. The van der Waals surface area contributed by atoms with E-state index in [-0.39, 0.29) is 10.9 Å². The molecular formula is C13H19NO5S. The molecule has 0 atom stereocenters. The van der Waals surface area contributed by atoms with Crippen LogP contribution in [0.3, 0.4) is 0 Å². The Hall–Kier alpha value is -1.60. The van der Waals surface area contributed by atoms with Crippen molar-refractivity contribution < 1.29 is 23.4 Å². The van der Waals surface area contributed by atoms with Crippen LogP contribution in [-0.4, -0.2) is 41.5 Å². The highest BCUT2D eigenvalue weighted by Gasteiger charge is 2.27. The van der Waals surface area contributed by atoms with Crippen LogP contribution >= 0.6 is 0 Å². The molecule has 0 saturated carbocycles. The summed E-state index contributed by atoms with van der Waals surface area (Å²) in [5.74, 6) is -1.82. The molecule has 2 N–H and O–H groups in total. The lowest BCUT2D eigenvalue weighted by molar-refractivity contribution is 0.0693. The molecule has 1 aromatic rings. The predicted octanol–water partition coefficient (Wildman–Crippen LogP) is 1.90. The van der Waals surface area contributed by atoms with Gasteiger partial charge in [-0.1, -0.05) is 6.92 Å². The van der Waals surface area contributed by atoms with Crippen molar-refractivity contribution in [1.82, 2.24) is 4.31 Å². The van der Waals surface area contributed by atoms with Gasteiger partial charge < -0.3 is 10.2 Å². The standard InChI is InChI=1S/C13H19NO5S/c1-4-7-14(9(2)3)20(18,19)10-5-6-12(15)11(8-10)13(16)17/h5-6,8-9,15H,4,7H2,1-3H3,(H,16,17). The average molecular weight is 301 g/mol. The van der Waals surface area contributed by atoms with Gasteiger partial charge in [0.25, 0.3) is 0 Å². The number of carbonyl (C=O) groups is 1. The van der Waals surface area contributed by atoms with Crippen molar-refractivity contribution in [2.24, 2.45) is 0 Å². The number of carboxylic acids is 1. The average Bonchev–Trinajstić information content (AvgIpc) is 2.35. The SMILES string of the molecule is CCCN(C(C)C)S(=O)(=O)c1ccc(O)c(C(=O)O)c1. The molecule has 0 aliphatic carbocycles. The van der Waals surface area contributed by atoms with E-state index in [0.717, 1.165) is 12.1 Å². The van der Waals surface area contributed by atoms with Gasteiger partial charge in [-0.15, -0.1) is 0 Å². The summed E-state index contributed by atoms with van der Waals surface area (Å²) < 4.78 is 26.3. The van der Waals surface area contributed by atoms with E-state index >= 15 is 0 Å². The Balaban J connectivity index is 3.34. The molecule has 1 aromatic carbocycles. The summed E-state index contributed by atoms with van der Waals surface area (Å²) in [6.07, 6.45) is 0.654. The van der Waals surface area contributed by atoms with Gasteiger partial charge in [-0.05, 0) is 38.5 Å². The zero-order valence-corrected chi connectivity index (χ0v) is 12.5. The van der Waals surface area contributed by atoms with Crippen molar-refractivity contribution in [1.29, 1.82) is 0 Å². The number of nitrogens with zero attached hydrogens (tertiary/aromatic N) is 1. The van der Waals surface area contributed by atoms with Crippen molar-refractivity contribution in [2.75, 3.05) is 6.54 Å². The largest absolute Gasteiger partial charge is 0.507 e. The van der Waals surface area contributed by atoms with Crippen LogP contribution < -0.4 is 0 Å². The fourth-order valence-corrected chi connectivity index (χ4v) is 3.61. The summed E-state index contributed by atoms with van der Waals surface area (Å²) in [5, 5.41) is 18.4. The second kappa shape index (κ2) is 6.23. The monoisotopic (exact) mass is 301 g/mol. The quantitative estimate of drug-likeness (QED) is 0.836. The van der Waals surface area contributed by atoms with Crippen molar-refractivity contribution >= 4 is 16.0 Å². The smallest absolute Gasteiger partial charge is 0.339 e. The minimum Gasteiger partial charge on any atom is -0.507 e. The zero-order valence-electron chi connectivity index (χ0n) is 11.7. The molecule has 20 heavy (non-hydrogen) atoms. The van der Waals surface area contributed by atoms with Gasteiger partial charge in [-0.2, -0.15) is 4.31 Å². The minimum absolute atomic E-state index is 0.130. The van der Waals surface area contributed by atoms with Crippen LogP contribution in [0.2, 0.25) is 0 Å². The molecule has 0 heterocycles. The summed E-state index contributed by atoms with van der Waals surface area (Å²) in [7, 11) is -3.78. The fourth-order valence-electron chi connectivity index (χ4n) is 1.86. The highest BCUT2D eigenvalue weighted by atomic mass is 32.2. The Morgan fingerprint density at radius 1 is 1.35 bits per heavy atom. The van der Waals surface area contributed by atoms with Crippen LogP contribution in [0, 0.1) is 0 Å². The first-order valence-corrected chi connectivity index (χ1v) is 7.74. The lowest BCUT2D eigenvalue weighted by Crippen LogP contribution is -2.37. The fraction of sp³-hybridized carbons (Fsp3) is 0.462. The molecule has 0 bridgehead atoms. The Morgan fingerprint density at radius 2 is 1.95 bits per heavy atom. The van der Waals surface area contributed by atoms with Gasteiger partial charge in [0.1, 0.15) is 11.3 Å². The molecule has 112 valence electrons. The number of rotatable bonds is 6.